The van der Waals surface area contributed by atoms with Crippen LogP contribution >= 0.6 is 15.9 Å². The van der Waals surface area contributed by atoms with Crippen LogP contribution in [0.25, 0.3) is 0 Å². The van der Waals surface area contributed by atoms with Crippen molar-refractivity contribution in [3.8, 4) is 0 Å². The molecule has 0 radical (unpaired) electrons. The van der Waals surface area contributed by atoms with Gasteiger partial charge in [0.25, 0.3) is 0 Å². The zero-order valence-corrected chi connectivity index (χ0v) is 13.2. The third kappa shape index (κ3) is 3.24. The summed E-state index contributed by atoms with van der Waals surface area (Å²) in [6, 6.07) is 5.06. The third-order valence-corrected chi connectivity index (χ3v) is 4.06. The van der Waals surface area contributed by atoms with Gasteiger partial charge < -0.3 is 5.32 Å². The summed E-state index contributed by atoms with van der Waals surface area (Å²) in [6.45, 7) is 2.94. The smallest absolute Gasteiger partial charge is 0.138 e. The van der Waals surface area contributed by atoms with Crippen LogP contribution in [0.4, 0.5) is 4.39 Å². The quantitative estimate of drug-likeness (QED) is 0.878. The SMILES string of the molecule is CCCn1ncnc1CC(NC)c1cccc(F)c1Br. The van der Waals surface area contributed by atoms with Crippen molar-refractivity contribution in [2.45, 2.75) is 32.4 Å². The molecule has 0 aliphatic rings. The Hall–Kier alpha value is -1.27. The van der Waals surface area contributed by atoms with E-state index in [1.807, 2.05) is 17.8 Å². The summed E-state index contributed by atoms with van der Waals surface area (Å²) in [5.74, 6) is 0.653. The summed E-state index contributed by atoms with van der Waals surface area (Å²) in [5.41, 5.74) is 0.888. The number of nitrogens with zero attached hydrogens (tertiary/aromatic N) is 3. The Balaban J connectivity index is 2.24. The number of rotatable bonds is 6. The van der Waals surface area contributed by atoms with E-state index in [-0.39, 0.29) is 11.9 Å². The molecule has 0 bridgehead atoms. The van der Waals surface area contributed by atoms with Crippen LogP contribution < -0.4 is 5.32 Å². The molecular weight excluding hydrogens is 323 g/mol. The molecule has 0 aliphatic heterocycles. The van der Waals surface area contributed by atoms with Crippen LogP contribution in [0.3, 0.4) is 0 Å². The van der Waals surface area contributed by atoms with Crippen molar-refractivity contribution >= 4 is 15.9 Å². The maximum absolute atomic E-state index is 13.6. The zero-order chi connectivity index (χ0) is 14.5. The molecule has 2 rings (SSSR count). The summed E-state index contributed by atoms with van der Waals surface area (Å²) in [7, 11) is 1.86. The Morgan fingerprint density at radius 3 is 2.95 bits per heavy atom. The summed E-state index contributed by atoms with van der Waals surface area (Å²) in [5, 5.41) is 7.44. The second-order valence-corrected chi connectivity index (χ2v) is 5.38. The average molecular weight is 341 g/mol. The second-order valence-electron chi connectivity index (χ2n) is 4.59. The van der Waals surface area contributed by atoms with Crippen molar-refractivity contribution in [3.05, 3.63) is 46.2 Å². The highest BCUT2D eigenvalue weighted by atomic mass is 79.9. The van der Waals surface area contributed by atoms with Crippen LogP contribution in [0.15, 0.2) is 29.0 Å². The molecule has 0 fully saturated rings. The molecule has 0 aliphatic carbocycles. The number of aryl methyl sites for hydroxylation is 1. The molecule has 4 nitrogen and oxygen atoms in total. The van der Waals surface area contributed by atoms with Gasteiger partial charge in [-0.3, -0.25) is 4.68 Å². The first-order valence-corrected chi connectivity index (χ1v) is 7.44. The first-order chi connectivity index (χ1) is 9.67. The van der Waals surface area contributed by atoms with Gasteiger partial charge in [0, 0.05) is 19.0 Å². The molecule has 1 unspecified atom stereocenters. The van der Waals surface area contributed by atoms with Gasteiger partial charge in [-0.05, 0) is 41.0 Å². The van der Waals surface area contributed by atoms with E-state index in [1.54, 1.807) is 12.4 Å². The van der Waals surface area contributed by atoms with Gasteiger partial charge in [0.15, 0.2) is 0 Å². The lowest BCUT2D eigenvalue weighted by Crippen LogP contribution is -2.22. The monoisotopic (exact) mass is 340 g/mol. The molecule has 0 spiro atoms. The van der Waals surface area contributed by atoms with Crippen LogP contribution in [-0.2, 0) is 13.0 Å². The zero-order valence-electron chi connectivity index (χ0n) is 11.6. The minimum Gasteiger partial charge on any atom is -0.313 e. The predicted octanol–water partition coefficient (Wildman–Crippen LogP) is 3.09. The molecule has 1 aromatic carbocycles. The lowest BCUT2D eigenvalue weighted by Gasteiger charge is -2.18. The van der Waals surface area contributed by atoms with E-state index in [9.17, 15) is 4.39 Å². The Morgan fingerprint density at radius 1 is 1.45 bits per heavy atom. The Bertz CT molecular complexity index is 570. The summed E-state index contributed by atoms with van der Waals surface area (Å²) in [6.07, 6.45) is 3.24. The highest BCUT2D eigenvalue weighted by Crippen LogP contribution is 2.27. The minimum absolute atomic E-state index is 0.0140. The van der Waals surface area contributed by atoms with E-state index in [4.69, 9.17) is 0 Å². The molecule has 0 saturated heterocycles. The van der Waals surface area contributed by atoms with Gasteiger partial charge in [-0.15, -0.1) is 0 Å². The number of hydrogen-bond acceptors (Lipinski definition) is 3. The molecule has 1 heterocycles. The first kappa shape index (κ1) is 15.1. The van der Waals surface area contributed by atoms with Gasteiger partial charge in [-0.1, -0.05) is 19.1 Å². The van der Waals surface area contributed by atoms with Crippen molar-refractivity contribution in [2.75, 3.05) is 7.05 Å². The highest BCUT2D eigenvalue weighted by Gasteiger charge is 2.18. The molecule has 1 atom stereocenters. The number of benzene rings is 1. The number of nitrogens with one attached hydrogen (secondary N) is 1. The summed E-state index contributed by atoms with van der Waals surface area (Å²) < 4.78 is 16.0. The van der Waals surface area contributed by atoms with Crippen molar-refractivity contribution in [1.82, 2.24) is 20.1 Å². The van der Waals surface area contributed by atoms with E-state index in [0.29, 0.717) is 10.9 Å². The highest BCUT2D eigenvalue weighted by molar-refractivity contribution is 9.10. The third-order valence-electron chi connectivity index (χ3n) is 3.22. The van der Waals surface area contributed by atoms with Crippen LogP contribution in [0.2, 0.25) is 0 Å². The van der Waals surface area contributed by atoms with E-state index in [1.165, 1.54) is 6.07 Å². The summed E-state index contributed by atoms with van der Waals surface area (Å²) >= 11 is 3.32. The van der Waals surface area contributed by atoms with Crippen molar-refractivity contribution < 1.29 is 4.39 Å². The lowest BCUT2D eigenvalue weighted by atomic mass is 10.0. The fourth-order valence-electron chi connectivity index (χ4n) is 2.18. The van der Waals surface area contributed by atoms with Crippen molar-refractivity contribution in [1.29, 1.82) is 0 Å². The van der Waals surface area contributed by atoms with Gasteiger partial charge in [-0.25, -0.2) is 9.37 Å². The molecular formula is C14H18BrFN4. The molecule has 108 valence electrons. The maximum Gasteiger partial charge on any atom is 0.138 e. The Kier molecular flexibility index (Phi) is 5.25. The lowest BCUT2D eigenvalue weighted by molar-refractivity contribution is 0.512. The van der Waals surface area contributed by atoms with Gasteiger partial charge in [0.05, 0.1) is 4.47 Å². The molecule has 0 saturated carbocycles. The van der Waals surface area contributed by atoms with Crippen LogP contribution in [0.5, 0.6) is 0 Å². The van der Waals surface area contributed by atoms with Crippen molar-refractivity contribution in [2.24, 2.45) is 0 Å². The van der Waals surface area contributed by atoms with Crippen LogP contribution in [0.1, 0.15) is 30.8 Å². The van der Waals surface area contributed by atoms with Gasteiger partial charge in [0.2, 0.25) is 0 Å². The number of aromatic nitrogens is 3. The van der Waals surface area contributed by atoms with Gasteiger partial charge in [0.1, 0.15) is 18.0 Å². The van der Waals surface area contributed by atoms with Crippen LogP contribution in [0, 0.1) is 5.82 Å². The second kappa shape index (κ2) is 6.95. The molecule has 1 aromatic heterocycles. The van der Waals surface area contributed by atoms with E-state index in [0.717, 1.165) is 24.4 Å². The maximum atomic E-state index is 13.6. The summed E-state index contributed by atoms with van der Waals surface area (Å²) in [4.78, 5) is 4.30. The predicted molar refractivity (Wildman–Crippen MR) is 79.9 cm³/mol. The normalized spacial score (nSPS) is 12.6. The van der Waals surface area contributed by atoms with E-state index < -0.39 is 0 Å². The molecule has 20 heavy (non-hydrogen) atoms. The fraction of sp³-hybridized carbons (Fsp3) is 0.429. The Labute approximate surface area is 126 Å². The van der Waals surface area contributed by atoms with E-state index >= 15 is 0 Å². The topological polar surface area (TPSA) is 42.7 Å². The fourth-order valence-corrected chi connectivity index (χ4v) is 2.73. The number of halogens is 2. The molecule has 0 amide bonds. The first-order valence-electron chi connectivity index (χ1n) is 6.65. The largest absolute Gasteiger partial charge is 0.313 e. The average Bonchev–Trinajstić information content (AvgIpc) is 2.87. The Morgan fingerprint density at radius 2 is 2.25 bits per heavy atom. The van der Waals surface area contributed by atoms with E-state index in [2.05, 4.69) is 38.3 Å². The van der Waals surface area contributed by atoms with Crippen LogP contribution in [-0.4, -0.2) is 21.8 Å². The number of likely N-dealkylation sites (N-methyl/N-ethyl adjacent to an activating group) is 1. The number of hydrogen-bond donors (Lipinski definition) is 1. The molecule has 6 heteroatoms. The van der Waals surface area contributed by atoms with Gasteiger partial charge in [-0.2, -0.15) is 5.10 Å². The standard InChI is InChI=1S/C14H18BrFN4/c1-3-7-20-13(18-9-19-20)8-12(17-2)10-5-4-6-11(16)14(10)15/h4-6,9,12,17H,3,7-8H2,1-2H3. The van der Waals surface area contributed by atoms with Crippen molar-refractivity contribution in [3.63, 3.8) is 0 Å². The minimum atomic E-state index is -0.252. The van der Waals surface area contributed by atoms with Gasteiger partial charge >= 0.3 is 0 Å². The molecule has 1 N–H and O–H groups in total. The molecule has 2 aromatic rings.